The maximum atomic E-state index is 11.8. The summed E-state index contributed by atoms with van der Waals surface area (Å²) in [4.78, 5) is 21.3. The smallest absolute Gasteiger partial charge is 0.255 e. The SMILES string of the molecule is O=c1[nH]ccc2cc(OCC3CCN(Cc4ccccn4)CC3)ccc12. The lowest BCUT2D eigenvalue weighted by molar-refractivity contribution is 0.136. The number of aromatic amines is 1. The average Bonchev–Trinajstić information content (AvgIpc) is 2.68. The average molecular weight is 349 g/mol. The molecule has 1 fully saturated rings. The molecule has 2 aromatic heterocycles. The van der Waals surface area contributed by atoms with E-state index in [1.54, 1.807) is 6.20 Å². The summed E-state index contributed by atoms with van der Waals surface area (Å²) in [5, 5.41) is 1.61. The second-order valence-corrected chi connectivity index (χ2v) is 6.91. The van der Waals surface area contributed by atoms with Crippen LogP contribution in [-0.2, 0) is 6.54 Å². The summed E-state index contributed by atoms with van der Waals surface area (Å²) in [6.45, 7) is 3.81. The van der Waals surface area contributed by atoms with Gasteiger partial charge in [0.1, 0.15) is 5.75 Å². The van der Waals surface area contributed by atoms with E-state index in [9.17, 15) is 4.79 Å². The van der Waals surface area contributed by atoms with Gasteiger partial charge in [-0.1, -0.05) is 6.07 Å². The van der Waals surface area contributed by atoms with Crippen LogP contribution in [0.3, 0.4) is 0 Å². The molecule has 0 radical (unpaired) electrons. The van der Waals surface area contributed by atoms with Crippen molar-refractivity contribution in [2.75, 3.05) is 19.7 Å². The zero-order valence-corrected chi connectivity index (χ0v) is 14.7. The number of benzene rings is 1. The van der Waals surface area contributed by atoms with Gasteiger partial charge in [0.25, 0.3) is 5.56 Å². The molecule has 1 N–H and O–H groups in total. The van der Waals surface area contributed by atoms with Crippen molar-refractivity contribution in [2.24, 2.45) is 5.92 Å². The number of ether oxygens (including phenoxy) is 1. The van der Waals surface area contributed by atoms with E-state index in [0.29, 0.717) is 11.3 Å². The summed E-state index contributed by atoms with van der Waals surface area (Å²) in [5.41, 5.74) is 1.07. The summed E-state index contributed by atoms with van der Waals surface area (Å²) < 4.78 is 6.00. The first kappa shape index (κ1) is 16.8. The highest BCUT2D eigenvalue weighted by atomic mass is 16.5. The number of hydrogen-bond acceptors (Lipinski definition) is 4. The number of pyridine rings is 2. The van der Waals surface area contributed by atoms with Gasteiger partial charge in [0.15, 0.2) is 0 Å². The van der Waals surface area contributed by atoms with Crippen molar-refractivity contribution in [1.82, 2.24) is 14.9 Å². The number of nitrogens with zero attached hydrogens (tertiary/aromatic N) is 2. The summed E-state index contributed by atoms with van der Waals surface area (Å²) in [6.07, 6.45) is 5.80. The topological polar surface area (TPSA) is 58.2 Å². The minimum Gasteiger partial charge on any atom is -0.493 e. The van der Waals surface area contributed by atoms with E-state index >= 15 is 0 Å². The molecule has 0 unspecified atom stereocenters. The zero-order valence-electron chi connectivity index (χ0n) is 14.7. The molecule has 5 nitrogen and oxygen atoms in total. The lowest BCUT2D eigenvalue weighted by Crippen LogP contribution is -2.35. The maximum absolute atomic E-state index is 11.8. The summed E-state index contributed by atoms with van der Waals surface area (Å²) in [5.74, 6) is 1.41. The second-order valence-electron chi connectivity index (χ2n) is 6.91. The van der Waals surface area contributed by atoms with Crippen LogP contribution < -0.4 is 10.3 Å². The van der Waals surface area contributed by atoms with Crippen LogP contribution >= 0.6 is 0 Å². The molecular weight excluding hydrogens is 326 g/mol. The van der Waals surface area contributed by atoms with Crippen LogP contribution in [0.1, 0.15) is 18.5 Å². The number of piperidine rings is 1. The number of nitrogens with one attached hydrogen (secondary N) is 1. The minimum absolute atomic E-state index is 0.0608. The van der Waals surface area contributed by atoms with E-state index in [4.69, 9.17) is 4.74 Å². The van der Waals surface area contributed by atoms with Crippen LogP contribution in [0.25, 0.3) is 10.8 Å². The van der Waals surface area contributed by atoms with Crippen LogP contribution in [0, 0.1) is 5.92 Å². The third kappa shape index (κ3) is 3.94. The van der Waals surface area contributed by atoms with Gasteiger partial charge in [0.2, 0.25) is 0 Å². The minimum atomic E-state index is -0.0608. The second kappa shape index (κ2) is 7.70. The fourth-order valence-corrected chi connectivity index (χ4v) is 3.51. The van der Waals surface area contributed by atoms with Crippen molar-refractivity contribution in [3.63, 3.8) is 0 Å². The van der Waals surface area contributed by atoms with Crippen LogP contribution in [0.4, 0.5) is 0 Å². The molecule has 3 aromatic rings. The number of H-pyrrole nitrogens is 1. The fourth-order valence-electron chi connectivity index (χ4n) is 3.51. The first-order chi connectivity index (χ1) is 12.8. The Morgan fingerprint density at radius 2 is 2.04 bits per heavy atom. The Labute approximate surface area is 152 Å². The van der Waals surface area contributed by atoms with Gasteiger partial charge in [-0.2, -0.15) is 0 Å². The first-order valence-corrected chi connectivity index (χ1v) is 9.14. The van der Waals surface area contributed by atoms with Crippen molar-refractivity contribution in [1.29, 1.82) is 0 Å². The van der Waals surface area contributed by atoms with E-state index < -0.39 is 0 Å². The fraction of sp³-hybridized carbons (Fsp3) is 0.333. The lowest BCUT2D eigenvalue weighted by Gasteiger charge is -2.31. The molecule has 134 valence electrons. The van der Waals surface area contributed by atoms with E-state index in [0.717, 1.165) is 55.9 Å². The van der Waals surface area contributed by atoms with Crippen LogP contribution in [0.2, 0.25) is 0 Å². The predicted octanol–water partition coefficient (Wildman–Crippen LogP) is 3.21. The van der Waals surface area contributed by atoms with E-state index in [1.165, 1.54) is 0 Å². The monoisotopic (exact) mass is 349 g/mol. The Morgan fingerprint density at radius 3 is 2.85 bits per heavy atom. The van der Waals surface area contributed by atoms with Gasteiger partial charge < -0.3 is 9.72 Å². The number of hydrogen-bond donors (Lipinski definition) is 1. The van der Waals surface area contributed by atoms with Crippen LogP contribution in [0.15, 0.2) is 59.7 Å². The van der Waals surface area contributed by atoms with E-state index in [2.05, 4.69) is 20.9 Å². The van der Waals surface area contributed by atoms with Gasteiger partial charge in [0, 0.05) is 24.3 Å². The normalized spacial score (nSPS) is 16.0. The highest BCUT2D eigenvalue weighted by Gasteiger charge is 2.20. The Balaban J connectivity index is 1.29. The molecular formula is C21H23N3O2. The number of likely N-dealkylation sites (tertiary alicyclic amines) is 1. The molecule has 5 heteroatoms. The molecule has 0 saturated carbocycles. The molecule has 4 rings (SSSR count). The third-order valence-electron chi connectivity index (χ3n) is 5.05. The van der Waals surface area contributed by atoms with Crippen molar-refractivity contribution in [3.05, 3.63) is 70.9 Å². The van der Waals surface area contributed by atoms with E-state index in [-0.39, 0.29) is 5.56 Å². The Hall–Kier alpha value is -2.66. The van der Waals surface area contributed by atoms with Crippen molar-refractivity contribution >= 4 is 10.8 Å². The number of rotatable bonds is 5. The number of fused-ring (bicyclic) bond motifs is 1. The Bertz CT molecular complexity index is 915. The third-order valence-corrected chi connectivity index (χ3v) is 5.05. The predicted molar refractivity (Wildman–Crippen MR) is 102 cm³/mol. The summed E-state index contributed by atoms with van der Waals surface area (Å²) in [7, 11) is 0. The molecule has 0 amide bonds. The summed E-state index contributed by atoms with van der Waals surface area (Å²) in [6, 6.07) is 13.6. The Kier molecular flexibility index (Phi) is 4.97. The van der Waals surface area contributed by atoms with Crippen molar-refractivity contribution in [2.45, 2.75) is 19.4 Å². The quantitative estimate of drug-likeness (QED) is 0.768. The highest BCUT2D eigenvalue weighted by Crippen LogP contribution is 2.22. The Morgan fingerprint density at radius 1 is 1.15 bits per heavy atom. The molecule has 0 aliphatic carbocycles. The molecule has 26 heavy (non-hydrogen) atoms. The van der Waals surface area contributed by atoms with Crippen molar-refractivity contribution < 1.29 is 4.74 Å². The molecule has 1 aliphatic rings. The van der Waals surface area contributed by atoms with Gasteiger partial charge in [-0.15, -0.1) is 0 Å². The van der Waals surface area contributed by atoms with Gasteiger partial charge in [-0.3, -0.25) is 14.7 Å². The molecule has 0 atom stereocenters. The van der Waals surface area contributed by atoms with Gasteiger partial charge >= 0.3 is 0 Å². The molecule has 1 saturated heterocycles. The molecule has 1 aromatic carbocycles. The van der Waals surface area contributed by atoms with Gasteiger partial charge in [0.05, 0.1) is 12.3 Å². The van der Waals surface area contributed by atoms with Crippen LogP contribution in [0.5, 0.6) is 5.75 Å². The van der Waals surface area contributed by atoms with Crippen molar-refractivity contribution in [3.8, 4) is 5.75 Å². The molecule has 0 bridgehead atoms. The highest BCUT2D eigenvalue weighted by molar-refractivity contribution is 5.82. The molecule has 1 aliphatic heterocycles. The lowest BCUT2D eigenvalue weighted by atomic mass is 9.97. The standard InChI is InChI=1S/C21H23N3O2/c25-21-20-5-4-19(13-17(20)6-10-23-21)26-15-16-7-11-24(12-8-16)14-18-3-1-2-9-22-18/h1-6,9-10,13,16H,7-8,11-12,14-15H2,(H,23,25). The molecule has 3 heterocycles. The largest absolute Gasteiger partial charge is 0.493 e. The van der Waals surface area contributed by atoms with Gasteiger partial charge in [-0.25, -0.2) is 0 Å². The summed E-state index contributed by atoms with van der Waals surface area (Å²) >= 11 is 0. The number of aromatic nitrogens is 2. The maximum Gasteiger partial charge on any atom is 0.255 e. The zero-order chi connectivity index (χ0) is 17.8. The van der Waals surface area contributed by atoms with Crippen LogP contribution in [-0.4, -0.2) is 34.6 Å². The first-order valence-electron chi connectivity index (χ1n) is 9.14. The molecule has 0 spiro atoms. The van der Waals surface area contributed by atoms with E-state index in [1.807, 2.05) is 42.6 Å². The van der Waals surface area contributed by atoms with Gasteiger partial charge in [-0.05, 0) is 73.6 Å².